The lowest BCUT2D eigenvalue weighted by molar-refractivity contribution is 0.0691. The Morgan fingerprint density at radius 2 is 1.89 bits per heavy atom. The van der Waals surface area contributed by atoms with E-state index in [2.05, 4.69) is 0 Å². The molecular weight excluding hydrogens is 389 g/mol. The molecule has 1 aliphatic rings. The third kappa shape index (κ3) is 2.83. The lowest BCUT2D eigenvalue weighted by Crippen LogP contribution is -2.32. The number of fused-ring (bicyclic) bond motifs is 2. The zero-order valence-electron chi connectivity index (χ0n) is 14.3. The first kappa shape index (κ1) is 18.0. The van der Waals surface area contributed by atoms with Gasteiger partial charge in [-0.1, -0.05) is 40.9 Å². The van der Waals surface area contributed by atoms with Gasteiger partial charge >= 0.3 is 0 Å². The molecule has 1 aliphatic heterocycles. The van der Waals surface area contributed by atoms with Gasteiger partial charge in [-0.3, -0.25) is 9.59 Å². The molecular formula is C20H15Cl2NO4. The van der Waals surface area contributed by atoms with Crippen LogP contribution in [0.15, 0.2) is 45.6 Å². The number of hydrogen-bond acceptors (Lipinski definition) is 4. The van der Waals surface area contributed by atoms with Gasteiger partial charge in [0.25, 0.3) is 5.91 Å². The van der Waals surface area contributed by atoms with E-state index in [1.807, 2.05) is 13.0 Å². The van der Waals surface area contributed by atoms with Crippen LogP contribution in [0.1, 0.15) is 33.3 Å². The van der Waals surface area contributed by atoms with E-state index in [1.165, 1.54) is 4.90 Å². The second-order valence-electron chi connectivity index (χ2n) is 6.47. The number of aliphatic hydroxyl groups excluding tert-OH is 1. The van der Waals surface area contributed by atoms with E-state index >= 15 is 0 Å². The van der Waals surface area contributed by atoms with Crippen LogP contribution in [0.5, 0.6) is 0 Å². The van der Waals surface area contributed by atoms with Crippen molar-refractivity contribution in [2.24, 2.45) is 0 Å². The molecule has 3 aromatic rings. The fourth-order valence-corrected chi connectivity index (χ4v) is 3.81. The molecule has 1 amide bonds. The van der Waals surface area contributed by atoms with E-state index in [9.17, 15) is 14.7 Å². The van der Waals surface area contributed by atoms with Crippen LogP contribution >= 0.6 is 23.2 Å². The Morgan fingerprint density at radius 1 is 1.11 bits per heavy atom. The Kier molecular flexibility index (Phi) is 4.46. The number of carbonyl (C=O) groups is 1. The van der Waals surface area contributed by atoms with Crippen LogP contribution in [0, 0.1) is 6.92 Å². The maximum atomic E-state index is 13.2. The van der Waals surface area contributed by atoms with Crippen molar-refractivity contribution in [2.75, 3.05) is 13.2 Å². The fourth-order valence-electron chi connectivity index (χ4n) is 3.50. The van der Waals surface area contributed by atoms with Crippen molar-refractivity contribution in [1.29, 1.82) is 0 Å². The molecule has 5 nitrogen and oxygen atoms in total. The van der Waals surface area contributed by atoms with Gasteiger partial charge in [-0.2, -0.15) is 0 Å². The van der Waals surface area contributed by atoms with Crippen molar-refractivity contribution < 1.29 is 14.3 Å². The molecule has 7 heteroatoms. The summed E-state index contributed by atoms with van der Waals surface area (Å²) in [5.41, 5.74) is 1.89. The minimum atomic E-state index is -0.699. The number of aliphatic hydroxyl groups is 1. The molecule has 1 unspecified atom stereocenters. The molecule has 1 N–H and O–H groups in total. The van der Waals surface area contributed by atoms with Gasteiger partial charge in [-0.15, -0.1) is 0 Å². The van der Waals surface area contributed by atoms with Crippen molar-refractivity contribution in [1.82, 2.24) is 4.90 Å². The summed E-state index contributed by atoms with van der Waals surface area (Å²) >= 11 is 12.2. The molecule has 0 saturated heterocycles. The first-order valence-corrected chi connectivity index (χ1v) is 9.12. The Morgan fingerprint density at radius 3 is 2.59 bits per heavy atom. The average Bonchev–Trinajstić information content (AvgIpc) is 2.91. The minimum absolute atomic E-state index is 0.000811. The van der Waals surface area contributed by atoms with Gasteiger partial charge in [-0.25, -0.2) is 0 Å². The van der Waals surface area contributed by atoms with Crippen LogP contribution in [0.3, 0.4) is 0 Å². The van der Waals surface area contributed by atoms with Gasteiger partial charge < -0.3 is 14.4 Å². The zero-order chi connectivity index (χ0) is 19.3. The molecule has 2 heterocycles. The number of amides is 1. The highest BCUT2D eigenvalue weighted by Gasteiger charge is 2.42. The number of halogens is 2. The number of carbonyl (C=O) groups excluding carboxylic acids is 1. The molecule has 0 spiro atoms. The smallest absolute Gasteiger partial charge is 0.290 e. The van der Waals surface area contributed by atoms with E-state index in [0.717, 1.165) is 5.56 Å². The molecule has 0 saturated carbocycles. The van der Waals surface area contributed by atoms with Crippen LogP contribution in [0.25, 0.3) is 11.0 Å². The van der Waals surface area contributed by atoms with Gasteiger partial charge in [0.15, 0.2) is 5.43 Å². The molecule has 27 heavy (non-hydrogen) atoms. The fraction of sp³-hybridized carbons (Fsp3) is 0.200. The van der Waals surface area contributed by atoms with Crippen LogP contribution in [0.4, 0.5) is 0 Å². The summed E-state index contributed by atoms with van der Waals surface area (Å²) in [7, 11) is 0. The summed E-state index contributed by atoms with van der Waals surface area (Å²) in [5.74, 6) is -0.435. The number of nitrogens with zero attached hydrogens (tertiary/aromatic N) is 1. The zero-order valence-corrected chi connectivity index (χ0v) is 15.8. The monoisotopic (exact) mass is 403 g/mol. The van der Waals surface area contributed by atoms with Crippen LogP contribution < -0.4 is 5.43 Å². The summed E-state index contributed by atoms with van der Waals surface area (Å²) in [5, 5.41) is 10.5. The normalized spacial score (nSPS) is 16.2. The van der Waals surface area contributed by atoms with E-state index in [1.54, 1.807) is 30.3 Å². The van der Waals surface area contributed by atoms with Crippen molar-refractivity contribution in [2.45, 2.75) is 13.0 Å². The van der Waals surface area contributed by atoms with E-state index < -0.39 is 11.9 Å². The van der Waals surface area contributed by atoms with Gasteiger partial charge in [0.05, 0.1) is 33.6 Å². The summed E-state index contributed by atoms with van der Waals surface area (Å²) in [6.07, 6.45) is 0. The molecule has 0 bridgehead atoms. The van der Waals surface area contributed by atoms with Crippen molar-refractivity contribution in [3.8, 4) is 0 Å². The molecule has 1 aromatic heterocycles. The Bertz CT molecular complexity index is 1140. The first-order valence-electron chi connectivity index (χ1n) is 8.36. The molecule has 2 aromatic carbocycles. The van der Waals surface area contributed by atoms with Crippen LogP contribution in [-0.2, 0) is 0 Å². The number of aryl methyl sites for hydroxylation is 1. The SMILES string of the molecule is Cc1ccc2oc3c(c(=O)c2c1)C(c1ccc(Cl)c(Cl)c1)N(CCO)C3=O. The van der Waals surface area contributed by atoms with Crippen molar-refractivity contribution >= 4 is 40.1 Å². The second-order valence-corrected chi connectivity index (χ2v) is 7.29. The highest BCUT2D eigenvalue weighted by Crippen LogP contribution is 2.39. The Hall–Kier alpha value is -2.34. The van der Waals surface area contributed by atoms with Crippen LogP contribution in [0.2, 0.25) is 10.0 Å². The van der Waals surface area contributed by atoms with E-state index in [0.29, 0.717) is 26.6 Å². The Balaban J connectivity index is 2.02. The summed E-state index contributed by atoms with van der Waals surface area (Å²) in [6, 6.07) is 9.50. The van der Waals surface area contributed by atoms with Gasteiger partial charge in [-0.05, 0) is 36.8 Å². The number of β-amino-alcohol motifs (C(OH)–C–C–N with tert-alkyl or cyclic N) is 1. The van der Waals surface area contributed by atoms with Crippen molar-refractivity contribution in [3.63, 3.8) is 0 Å². The van der Waals surface area contributed by atoms with Gasteiger partial charge in [0.2, 0.25) is 5.76 Å². The standard InChI is InChI=1S/C20H15Cl2NO4/c1-10-2-5-15-12(8-10)18(25)16-17(11-3-4-13(21)14(22)9-11)23(6-7-24)20(26)19(16)27-15/h2-5,8-9,17,24H,6-7H2,1H3. The largest absolute Gasteiger partial charge is 0.450 e. The predicted molar refractivity (Wildman–Crippen MR) is 104 cm³/mol. The van der Waals surface area contributed by atoms with E-state index in [4.69, 9.17) is 27.6 Å². The third-order valence-corrected chi connectivity index (χ3v) is 5.46. The summed E-state index contributed by atoms with van der Waals surface area (Å²) < 4.78 is 5.80. The minimum Gasteiger partial charge on any atom is -0.450 e. The van der Waals surface area contributed by atoms with Gasteiger partial charge in [0.1, 0.15) is 5.58 Å². The molecule has 4 rings (SSSR count). The maximum absolute atomic E-state index is 13.2. The Labute approximate surface area is 164 Å². The third-order valence-electron chi connectivity index (χ3n) is 4.72. The van der Waals surface area contributed by atoms with E-state index in [-0.39, 0.29) is 29.9 Å². The predicted octanol–water partition coefficient (Wildman–Crippen LogP) is 3.95. The molecule has 0 radical (unpaired) electrons. The molecule has 0 aliphatic carbocycles. The number of rotatable bonds is 3. The maximum Gasteiger partial charge on any atom is 0.290 e. The second kappa shape index (κ2) is 6.68. The molecule has 0 fully saturated rings. The molecule has 138 valence electrons. The lowest BCUT2D eigenvalue weighted by atomic mass is 9.98. The number of benzene rings is 2. The highest BCUT2D eigenvalue weighted by molar-refractivity contribution is 6.42. The van der Waals surface area contributed by atoms with Gasteiger partial charge in [0, 0.05) is 6.54 Å². The topological polar surface area (TPSA) is 70.8 Å². The number of hydrogen-bond donors (Lipinski definition) is 1. The lowest BCUT2D eigenvalue weighted by Gasteiger charge is -2.24. The van der Waals surface area contributed by atoms with Crippen molar-refractivity contribution in [3.05, 3.63) is 79.1 Å². The quantitative estimate of drug-likeness (QED) is 0.718. The van der Waals surface area contributed by atoms with Crippen LogP contribution in [-0.4, -0.2) is 29.1 Å². The average molecular weight is 404 g/mol. The summed E-state index contributed by atoms with van der Waals surface area (Å²) in [4.78, 5) is 27.6. The highest BCUT2D eigenvalue weighted by atomic mass is 35.5. The summed E-state index contributed by atoms with van der Waals surface area (Å²) in [6.45, 7) is 1.69. The first-order chi connectivity index (χ1) is 12.9. The molecule has 1 atom stereocenters.